The van der Waals surface area contributed by atoms with Gasteiger partial charge in [-0.2, -0.15) is 0 Å². The summed E-state index contributed by atoms with van der Waals surface area (Å²) in [6.07, 6.45) is 0.908. The van der Waals surface area contributed by atoms with Crippen molar-refractivity contribution in [3.63, 3.8) is 0 Å². The summed E-state index contributed by atoms with van der Waals surface area (Å²) >= 11 is 5.85. The van der Waals surface area contributed by atoms with Crippen molar-refractivity contribution >= 4 is 17.5 Å². The SMILES string of the molecule is CCC(C)(C)NC(=O)CN[C@@H](C)c1ccc(Cl)cc1. The molecule has 1 aromatic carbocycles. The minimum Gasteiger partial charge on any atom is -0.350 e. The van der Waals surface area contributed by atoms with E-state index in [0.29, 0.717) is 6.54 Å². The second kappa shape index (κ2) is 6.92. The van der Waals surface area contributed by atoms with Crippen LogP contribution in [0.15, 0.2) is 24.3 Å². The molecule has 4 heteroatoms. The van der Waals surface area contributed by atoms with E-state index in [1.54, 1.807) is 0 Å². The number of carbonyl (C=O) groups is 1. The molecule has 0 unspecified atom stereocenters. The van der Waals surface area contributed by atoms with Gasteiger partial charge in [0.25, 0.3) is 0 Å². The molecular formula is C15H23ClN2O. The monoisotopic (exact) mass is 282 g/mol. The van der Waals surface area contributed by atoms with Gasteiger partial charge in [-0.15, -0.1) is 0 Å². The Morgan fingerprint density at radius 2 is 1.89 bits per heavy atom. The van der Waals surface area contributed by atoms with Crippen LogP contribution in [0.5, 0.6) is 0 Å². The quantitative estimate of drug-likeness (QED) is 0.841. The molecule has 0 bridgehead atoms. The Hall–Kier alpha value is -1.06. The van der Waals surface area contributed by atoms with Gasteiger partial charge in [0.2, 0.25) is 5.91 Å². The van der Waals surface area contributed by atoms with Crippen molar-refractivity contribution in [2.24, 2.45) is 0 Å². The van der Waals surface area contributed by atoms with Gasteiger partial charge in [0.1, 0.15) is 0 Å². The van der Waals surface area contributed by atoms with Crippen molar-refractivity contribution in [2.75, 3.05) is 6.54 Å². The predicted molar refractivity (Wildman–Crippen MR) is 80.4 cm³/mol. The highest BCUT2D eigenvalue weighted by Gasteiger charge is 2.17. The van der Waals surface area contributed by atoms with Crippen molar-refractivity contribution in [1.29, 1.82) is 0 Å². The lowest BCUT2D eigenvalue weighted by Gasteiger charge is -2.25. The van der Waals surface area contributed by atoms with E-state index in [0.717, 1.165) is 17.0 Å². The van der Waals surface area contributed by atoms with Gasteiger partial charge >= 0.3 is 0 Å². The highest BCUT2D eigenvalue weighted by molar-refractivity contribution is 6.30. The molecule has 0 aliphatic carbocycles. The average molecular weight is 283 g/mol. The van der Waals surface area contributed by atoms with Crippen LogP contribution in [0, 0.1) is 0 Å². The highest BCUT2D eigenvalue weighted by Crippen LogP contribution is 2.15. The third-order valence-electron chi connectivity index (χ3n) is 3.30. The summed E-state index contributed by atoms with van der Waals surface area (Å²) in [6.45, 7) is 8.44. The molecule has 3 nitrogen and oxygen atoms in total. The van der Waals surface area contributed by atoms with Gasteiger partial charge in [0.05, 0.1) is 6.54 Å². The molecule has 0 heterocycles. The fraction of sp³-hybridized carbons (Fsp3) is 0.533. The van der Waals surface area contributed by atoms with Gasteiger partial charge in [0.15, 0.2) is 0 Å². The molecule has 0 spiro atoms. The van der Waals surface area contributed by atoms with Gasteiger partial charge in [-0.05, 0) is 44.9 Å². The molecule has 0 radical (unpaired) electrons. The van der Waals surface area contributed by atoms with Crippen molar-refractivity contribution in [1.82, 2.24) is 10.6 Å². The first-order valence-corrected chi connectivity index (χ1v) is 7.01. The lowest BCUT2D eigenvalue weighted by molar-refractivity contribution is -0.122. The molecule has 106 valence electrons. The Balaban J connectivity index is 2.44. The van der Waals surface area contributed by atoms with Crippen LogP contribution >= 0.6 is 11.6 Å². The highest BCUT2D eigenvalue weighted by atomic mass is 35.5. The molecule has 1 aromatic rings. The van der Waals surface area contributed by atoms with Crippen molar-refractivity contribution < 1.29 is 4.79 Å². The minimum absolute atomic E-state index is 0.0210. The summed E-state index contributed by atoms with van der Waals surface area (Å²) in [6, 6.07) is 7.76. The second-order valence-electron chi connectivity index (χ2n) is 5.44. The zero-order valence-corrected chi connectivity index (χ0v) is 12.8. The summed E-state index contributed by atoms with van der Waals surface area (Å²) in [7, 11) is 0. The second-order valence-corrected chi connectivity index (χ2v) is 5.88. The lowest BCUT2D eigenvalue weighted by atomic mass is 10.0. The number of halogens is 1. The van der Waals surface area contributed by atoms with E-state index in [4.69, 9.17) is 11.6 Å². The minimum atomic E-state index is -0.151. The number of rotatable bonds is 6. The Labute approximate surface area is 120 Å². The van der Waals surface area contributed by atoms with E-state index < -0.39 is 0 Å². The third-order valence-corrected chi connectivity index (χ3v) is 3.55. The van der Waals surface area contributed by atoms with E-state index in [1.807, 2.05) is 45.0 Å². The van der Waals surface area contributed by atoms with Crippen LogP contribution in [-0.2, 0) is 4.79 Å². The predicted octanol–water partition coefficient (Wildman–Crippen LogP) is 3.30. The number of hydrogen-bond acceptors (Lipinski definition) is 2. The normalized spacial score (nSPS) is 13.1. The fourth-order valence-corrected chi connectivity index (χ4v) is 1.75. The topological polar surface area (TPSA) is 41.1 Å². The van der Waals surface area contributed by atoms with E-state index in [1.165, 1.54) is 0 Å². The zero-order chi connectivity index (χ0) is 14.5. The van der Waals surface area contributed by atoms with Crippen molar-refractivity contribution in [3.05, 3.63) is 34.9 Å². The maximum absolute atomic E-state index is 11.8. The maximum Gasteiger partial charge on any atom is 0.234 e. The van der Waals surface area contributed by atoms with Crippen LogP contribution in [-0.4, -0.2) is 18.0 Å². The Bertz CT molecular complexity index is 415. The standard InChI is InChI=1S/C15H23ClN2O/c1-5-15(3,4)18-14(19)10-17-11(2)12-6-8-13(16)9-7-12/h6-9,11,17H,5,10H2,1-4H3,(H,18,19)/t11-/m0/s1. The molecule has 0 fully saturated rings. The first-order chi connectivity index (χ1) is 8.84. The number of nitrogens with one attached hydrogen (secondary N) is 2. The molecule has 0 saturated carbocycles. The summed E-state index contributed by atoms with van der Waals surface area (Å²) in [4.78, 5) is 11.8. The van der Waals surface area contributed by atoms with E-state index in [2.05, 4.69) is 17.6 Å². The number of carbonyl (C=O) groups excluding carboxylic acids is 1. The molecule has 0 aliphatic heterocycles. The van der Waals surface area contributed by atoms with Crippen molar-refractivity contribution in [3.8, 4) is 0 Å². The van der Waals surface area contributed by atoms with E-state index in [-0.39, 0.29) is 17.5 Å². The van der Waals surface area contributed by atoms with Crippen LogP contribution in [0.25, 0.3) is 0 Å². The third kappa shape index (κ3) is 5.62. The summed E-state index contributed by atoms with van der Waals surface area (Å²) < 4.78 is 0. The number of amides is 1. The number of benzene rings is 1. The Kier molecular flexibility index (Phi) is 5.83. The van der Waals surface area contributed by atoms with Gasteiger partial charge in [-0.25, -0.2) is 0 Å². The van der Waals surface area contributed by atoms with Gasteiger partial charge in [-0.3, -0.25) is 4.79 Å². The largest absolute Gasteiger partial charge is 0.350 e. The Morgan fingerprint density at radius 3 is 2.42 bits per heavy atom. The smallest absolute Gasteiger partial charge is 0.234 e. The first kappa shape index (κ1) is 16.0. The van der Waals surface area contributed by atoms with E-state index in [9.17, 15) is 4.79 Å². The van der Waals surface area contributed by atoms with Gasteiger partial charge in [0, 0.05) is 16.6 Å². The maximum atomic E-state index is 11.8. The van der Waals surface area contributed by atoms with Gasteiger partial charge < -0.3 is 10.6 Å². The molecule has 0 aromatic heterocycles. The number of hydrogen-bond donors (Lipinski definition) is 2. The molecule has 1 amide bonds. The molecule has 2 N–H and O–H groups in total. The summed E-state index contributed by atoms with van der Waals surface area (Å²) in [5.74, 6) is 0.0210. The van der Waals surface area contributed by atoms with Crippen LogP contribution in [0.1, 0.15) is 45.7 Å². The summed E-state index contributed by atoms with van der Waals surface area (Å²) in [5, 5.41) is 6.93. The molecular weight excluding hydrogens is 260 g/mol. The lowest BCUT2D eigenvalue weighted by Crippen LogP contribution is -2.46. The Morgan fingerprint density at radius 1 is 1.32 bits per heavy atom. The van der Waals surface area contributed by atoms with Crippen LogP contribution in [0.2, 0.25) is 5.02 Å². The average Bonchev–Trinajstić information content (AvgIpc) is 2.36. The van der Waals surface area contributed by atoms with Crippen LogP contribution in [0.3, 0.4) is 0 Å². The fourth-order valence-electron chi connectivity index (χ4n) is 1.63. The molecule has 19 heavy (non-hydrogen) atoms. The molecule has 1 atom stereocenters. The van der Waals surface area contributed by atoms with Crippen LogP contribution < -0.4 is 10.6 Å². The zero-order valence-electron chi connectivity index (χ0n) is 12.1. The van der Waals surface area contributed by atoms with Crippen LogP contribution in [0.4, 0.5) is 0 Å². The molecule has 0 aliphatic rings. The van der Waals surface area contributed by atoms with Crippen molar-refractivity contribution in [2.45, 2.75) is 45.7 Å². The molecule has 1 rings (SSSR count). The first-order valence-electron chi connectivity index (χ1n) is 6.64. The van der Waals surface area contributed by atoms with E-state index >= 15 is 0 Å². The summed E-state index contributed by atoms with van der Waals surface area (Å²) in [5.41, 5.74) is 0.967. The molecule has 0 saturated heterocycles. The van der Waals surface area contributed by atoms with Gasteiger partial charge in [-0.1, -0.05) is 30.7 Å².